The molecule has 3 aromatic rings. The number of ether oxygens (including phenoxy) is 1. The van der Waals surface area contributed by atoms with Gasteiger partial charge in [0.15, 0.2) is 0 Å². The van der Waals surface area contributed by atoms with Gasteiger partial charge >= 0.3 is 0 Å². The SMILES string of the molecule is COc1c(CO)cc(-c2ccc(C(C)(C)C)cc2)cc1Cn1ccnc1. The van der Waals surface area contributed by atoms with E-state index in [1.54, 1.807) is 19.6 Å². The van der Waals surface area contributed by atoms with E-state index in [4.69, 9.17) is 4.74 Å². The predicted octanol–water partition coefficient (Wildman–Crippen LogP) is 4.40. The van der Waals surface area contributed by atoms with Crippen molar-refractivity contribution in [3.63, 3.8) is 0 Å². The van der Waals surface area contributed by atoms with Crippen LogP contribution in [0.4, 0.5) is 0 Å². The van der Waals surface area contributed by atoms with E-state index < -0.39 is 0 Å². The zero-order valence-corrected chi connectivity index (χ0v) is 15.9. The quantitative estimate of drug-likeness (QED) is 0.742. The van der Waals surface area contributed by atoms with E-state index >= 15 is 0 Å². The van der Waals surface area contributed by atoms with Gasteiger partial charge < -0.3 is 14.4 Å². The normalized spacial score (nSPS) is 11.6. The Morgan fingerprint density at radius 3 is 2.27 bits per heavy atom. The number of nitrogens with zero attached hydrogens (tertiary/aromatic N) is 2. The molecule has 1 N–H and O–H groups in total. The molecule has 0 atom stereocenters. The van der Waals surface area contributed by atoms with Crippen LogP contribution in [-0.2, 0) is 18.6 Å². The molecule has 4 nitrogen and oxygen atoms in total. The molecule has 2 aromatic carbocycles. The van der Waals surface area contributed by atoms with Crippen LogP contribution in [0.25, 0.3) is 11.1 Å². The van der Waals surface area contributed by atoms with Gasteiger partial charge in [0.2, 0.25) is 0 Å². The summed E-state index contributed by atoms with van der Waals surface area (Å²) < 4.78 is 7.57. The van der Waals surface area contributed by atoms with E-state index in [1.165, 1.54) is 5.56 Å². The predicted molar refractivity (Wildman–Crippen MR) is 104 cm³/mol. The number of hydrogen-bond donors (Lipinski definition) is 1. The van der Waals surface area contributed by atoms with E-state index in [-0.39, 0.29) is 12.0 Å². The van der Waals surface area contributed by atoms with Crippen molar-refractivity contribution in [1.82, 2.24) is 9.55 Å². The van der Waals surface area contributed by atoms with Gasteiger partial charge in [0.05, 0.1) is 26.6 Å². The highest BCUT2D eigenvalue weighted by Gasteiger charge is 2.15. The van der Waals surface area contributed by atoms with Crippen LogP contribution in [0.1, 0.15) is 37.5 Å². The van der Waals surface area contributed by atoms with Gasteiger partial charge in [-0.3, -0.25) is 0 Å². The summed E-state index contributed by atoms with van der Waals surface area (Å²) in [5, 5.41) is 9.82. The molecule has 0 amide bonds. The number of benzene rings is 2. The van der Waals surface area contributed by atoms with Crippen molar-refractivity contribution in [2.45, 2.75) is 39.3 Å². The van der Waals surface area contributed by atoms with Gasteiger partial charge in [0.25, 0.3) is 0 Å². The molecule has 0 fully saturated rings. The molecule has 0 spiro atoms. The van der Waals surface area contributed by atoms with Crippen LogP contribution in [0.5, 0.6) is 5.75 Å². The average Bonchev–Trinajstić information content (AvgIpc) is 3.13. The molecular formula is C22H26N2O2. The number of aliphatic hydroxyl groups excluding tert-OH is 1. The Bertz CT molecular complexity index is 860. The maximum Gasteiger partial charge on any atom is 0.129 e. The standard InChI is InChI=1S/C22H26N2O2/c1-22(2,3)20-7-5-16(6-8-20)17-11-18(13-24-10-9-23-15-24)21(26-4)19(12-17)14-25/h5-12,15,25H,13-14H2,1-4H3. The molecule has 0 aliphatic carbocycles. The average molecular weight is 350 g/mol. The maximum atomic E-state index is 9.82. The molecule has 0 aliphatic rings. The number of imidazole rings is 1. The Kier molecular flexibility index (Phi) is 5.14. The van der Waals surface area contributed by atoms with Crippen LogP contribution in [0.15, 0.2) is 55.1 Å². The van der Waals surface area contributed by atoms with Gasteiger partial charge in [-0.1, -0.05) is 45.0 Å². The first kappa shape index (κ1) is 18.2. The summed E-state index contributed by atoms with van der Waals surface area (Å²) in [6.45, 7) is 7.21. The molecule has 26 heavy (non-hydrogen) atoms. The molecule has 0 aliphatic heterocycles. The van der Waals surface area contributed by atoms with Crippen molar-refractivity contribution in [3.05, 3.63) is 71.8 Å². The van der Waals surface area contributed by atoms with E-state index in [0.717, 1.165) is 28.0 Å². The van der Waals surface area contributed by atoms with E-state index in [9.17, 15) is 5.11 Å². The summed E-state index contributed by atoms with van der Waals surface area (Å²) in [6.07, 6.45) is 5.46. The number of rotatable bonds is 5. The largest absolute Gasteiger partial charge is 0.496 e. The lowest BCUT2D eigenvalue weighted by atomic mass is 9.86. The molecule has 4 heteroatoms. The minimum Gasteiger partial charge on any atom is -0.496 e. The van der Waals surface area contributed by atoms with Crippen molar-refractivity contribution in [2.75, 3.05) is 7.11 Å². The lowest BCUT2D eigenvalue weighted by molar-refractivity contribution is 0.273. The molecule has 0 saturated carbocycles. The van der Waals surface area contributed by atoms with Crippen LogP contribution in [0.3, 0.4) is 0 Å². The molecular weight excluding hydrogens is 324 g/mol. The summed E-state index contributed by atoms with van der Waals surface area (Å²) in [6, 6.07) is 12.8. The van der Waals surface area contributed by atoms with Crippen LogP contribution in [-0.4, -0.2) is 21.8 Å². The number of aromatic nitrogens is 2. The fourth-order valence-electron chi connectivity index (χ4n) is 3.16. The Morgan fingerprint density at radius 1 is 1.04 bits per heavy atom. The Labute approximate surface area is 155 Å². The van der Waals surface area contributed by atoms with Gasteiger partial charge in [-0.2, -0.15) is 0 Å². The third kappa shape index (κ3) is 3.81. The van der Waals surface area contributed by atoms with Gasteiger partial charge in [-0.15, -0.1) is 0 Å². The monoisotopic (exact) mass is 350 g/mol. The van der Waals surface area contributed by atoms with Gasteiger partial charge in [-0.25, -0.2) is 4.98 Å². The van der Waals surface area contributed by atoms with Crippen molar-refractivity contribution in [2.24, 2.45) is 0 Å². The van der Waals surface area contributed by atoms with Crippen molar-refractivity contribution in [3.8, 4) is 16.9 Å². The topological polar surface area (TPSA) is 47.3 Å². The number of hydrogen-bond acceptors (Lipinski definition) is 3. The van der Waals surface area contributed by atoms with E-state index in [2.05, 4.69) is 56.1 Å². The lowest BCUT2D eigenvalue weighted by Gasteiger charge is -2.20. The van der Waals surface area contributed by atoms with Gasteiger partial charge in [-0.05, 0) is 34.2 Å². The Morgan fingerprint density at radius 2 is 1.73 bits per heavy atom. The van der Waals surface area contributed by atoms with Crippen LogP contribution in [0.2, 0.25) is 0 Å². The van der Waals surface area contributed by atoms with Crippen LogP contribution in [0, 0.1) is 0 Å². The molecule has 1 aromatic heterocycles. The Balaban J connectivity index is 2.04. The molecule has 3 rings (SSSR count). The maximum absolute atomic E-state index is 9.82. The molecule has 0 unspecified atom stereocenters. The molecule has 1 heterocycles. The first-order chi connectivity index (χ1) is 12.4. The third-order valence-electron chi connectivity index (χ3n) is 4.61. The zero-order valence-electron chi connectivity index (χ0n) is 15.9. The molecule has 0 saturated heterocycles. The van der Waals surface area contributed by atoms with Crippen LogP contribution < -0.4 is 4.74 Å². The second kappa shape index (κ2) is 7.34. The lowest BCUT2D eigenvalue weighted by Crippen LogP contribution is -2.10. The fraction of sp³-hybridized carbons (Fsp3) is 0.318. The van der Waals surface area contributed by atoms with Crippen molar-refractivity contribution in [1.29, 1.82) is 0 Å². The first-order valence-electron chi connectivity index (χ1n) is 8.79. The highest BCUT2D eigenvalue weighted by atomic mass is 16.5. The minimum atomic E-state index is -0.0615. The van der Waals surface area contributed by atoms with Gasteiger partial charge in [0.1, 0.15) is 5.75 Å². The molecule has 136 valence electrons. The smallest absolute Gasteiger partial charge is 0.129 e. The zero-order chi connectivity index (χ0) is 18.7. The van der Waals surface area contributed by atoms with Crippen molar-refractivity contribution < 1.29 is 9.84 Å². The second-order valence-corrected chi connectivity index (χ2v) is 7.55. The summed E-state index contributed by atoms with van der Waals surface area (Å²) in [5.41, 5.74) is 5.44. The first-order valence-corrected chi connectivity index (χ1v) is 8.79. The van der Waals surface area contributed by atoms with Gasteiger partial charge in [0, 0.05) is 23.5 Å². The number of methoxy groups -OCH3 is 1. The Hall–Kier alpha value is -2.59. The summed E-state index contributed by atoms with van der Waals surface area (Å²) >= 11 is 0. The summed E-state index contributed by atoms with van der Waals surface area (Å²) in [5.74, 6) is 0.733. The number of aliphatic hydroxyl groups is 1. The van der Waals surface area contributed by atoms with Crippen molar-refractivity contribution >= 4 is 0 Å². The fourth-order valence-corrected chi connectivity index (χ4v) is 3.16. The van der Waals surface area contributed by atoms with Crippen LogP contribution >= 0.6 is 0 Å². The van der Waals surface area contributed by atoms with E-state index in [0.29, 0.717) is 6.54 Å². The summed E-state index contributed by atoms with van der Waals surface area (Å²) in [4.78, 5) is 4.10. The third-order valence-corrected chi connectivity index (χ3v) is 4.61. The highest BCUT2D eigenvalue weighted by molar-refractivity contribution is 5.68. The molecule has 0 bridgehead atoms. The highest BCUT2D eigenvalue weighted by Crippen LogP contribution is 2.33. The minimum absolute atomic E-state index is 0.0615. The summed E-state index contributed by atoms with van der Waals surface area (Å²) in [7, 11) is 1.64. The van der Waals surface area contributed by atoms with E-state index in [1.807, 2.05) is 16.8 Å². The second-order valence-electron chi connectivity index (χ2n) is 7.55. The molecule has 0 radical (unpaired) electrons.